The Kier molecular flexibility index (Phi) is 4.51. The van der Waals surface area contributed by atoms with Crippen molar-refractivity contribution in [3.8, 4) is 0 Å². The minimum atomic E-state index is -0.361. The van der Waals surface area contributed by atoms with Crippen LogP contribution in [0.4, 0.5) is 11.4 Å². The molecule has 0 fully saturated rings. The van der Waals surface area contributed by atoms with Gasteiger partial charge in [-0.2, -0.15) is 0 Å². The van der Waals surface area contributed by atoms with E-state index in [1.807, 2.05) is 13.8 Å². The number of hydrogen-bond donors (Lipinski definition) is 1. The molecule has 0 bridgehead atoms. The Bertz CT molecular complexity index is 627. The molecule has 0 saturated carbocycles. The Morgan fingerprint density at radius 1 is 1.55 bits per heavy atom. The molecule has 1 aromatic heterocycles. The molecule has 0 aliphatic heterocycles. The van der Waals surface area contributed by atoms with Crippen molar-refractivity contribution in [3.05, 3.63) is 27.3 Å². The third kappa shape index (κ3) is 3.23. The fourth-order valence-electron chi connectivity index (χ4n) is 1.98. The van der Waals surface area contributed by atoms with E-state index in [0.717, 1.165) is 21.6 Å². The lowest BCUT2D eigenvalue weighted by Crippen LogP contribution is -2.17. The summed E-state index contributed by atoms with van der Waals surface area (Å²) >= 11 is 1.46. The van der Waals surface area contributed by atoms with E-state index in [-0.39, 0.29) is 16.7 Å². The first-order valence-corrected chi connectivity index (χ1v) is 7.14. The number of nitro benzene ring substituents is 1. The molecule has 1 atom stereocenters. The van der Waals surface area contributed by atoms with Gasteiger partial charge < -0.3 is 10.1 Å². The molecule has 0 spiro atoms. The Morgan fingerprint density at radius 2 is 2.30 bits per heavy atom. The molecule has 7 heteroatoms. The standard InChI is InChI=1S/C13H17N3O3S/c1-8(4-5-19-3)14-10-6-11-13(20-9(2)15-11)7-12(10)16(17)18/h6-8,14H,4-5H2,1-3H3. The number of hydrogen-bond acceptors (Lipinski definition) is 6. The monoisotopic (exact) mass is 295 g/mol. The molecule has 0 radical (unpaired) electrons. The molecular weight excluding hydrogens is 278 g/mol. The largest absolute Gasteiger partial charge is 0.385 e. The number of aromatic nitrogens is 1. The number of thiazole rings is 1. The van der Waals surface area contributed by atoms with Gasteiger partial charge in [0.05, 0.1) is 20.1 Å². The summed E-state index contributed by atoms with van der Waals surface area (Å²) in [4.78, 5) is 15.2. The highest BCUT2D eigenvalue weighted by atomic mass is 32.1. The molecule has 1 heterocycles. The predicted octanol–water partition coefficient (Wildman–Crippen LogP) is 3.35. The fraction of sp³-hybridized carbons (Fsp3) is 0.462. The molecule has 1 unspecified atom stereocenters. The van der Waals surface area contributed by atoms with E-state index in [1.54, 1.807) is 19.2 Å². The summed E-state index contributed by atoms with van der Waals surface area (Å²) in [5, 5.41) is 15.3. The maximum atomic E-state index is 11.2. The van der Waals surface area contributed by atoms with E-state index >= 15 is 0 Å². The van der Waals surface area contributed by atoms with Crippen molar-refractivity contribution in [2.75, 3.05) is 19.0 Å². The highest BCUT2D eigenvalue weighted by Crippen LogP contribution is 2.33. The lowest BCUT2D eigenvalue weighted by molar-refractivity contribution is -0.383. The summed E-state index contributed by atoms with van der Waals surface area (Å²) in [5.41, 5.74) is 1.39. The topological polar surface area (TPSA) is 77.3 Å². The summed E-state index contributed by atoms with van der Waals surface area (Å²) in [6, 6.07) is 3.43. The maximum Gasteiger partial charge on any atom is 0.293 e. The number of anilines is 1. The SMILES string of the molecule is COCCC(C)Nc1cc2nc(C)sc2cc1[N+](=O)[O-]. The number of nitro groups is 1. The molecule has 6 nitrogen and oxygen atoms in total. The van der Waals surface area contributed by atoms with Crippen LogP contribution >= 0.6 is 11.3 Å². The highest BCUT2D eigenvalue weighted by molar-refractivity contribution is 7.18. The third-order valence-electron chi connectivity index (χ3n) is 2.97. The number of fused-ring (bicyclic) bond motifs is 1. The molecule has 20 heavy (non-hydrogen) atoms. The van der Waals surface area contributed by atoms with Crippen molar-refractivity contribution in [2.45, 2.75) is 26.3 Å². The van der Waals surface area contributed by atoms with Crippen LogP contribution in [-0.2, 0) is 4.74 Å². The molecule has 1 aromatic carbocycles. The quantitative estimate of drug-likeness (QED) is 0.653. The van der Waals surface area contributed by atoms with Crippen LogP contribution in [0.2, 0.25) is 0 Å². The Morgan fingerprint density at radius 3 is 2.95 bits per heavy atom. The van der Waals surface area contributed by atoms with Gasteiger partial charge in [0.2, 0.25) is 0 Å². The van der Waals surface area contributed by atoms with Crippen molar-refractivity contribution in [1.82, 2.24) is 4.98 Å². The first kappa shape index (κ1) is 14.7. The van der Waals surface area contributed by atoms with Crippen molar-refractivity contribution >= 4 is 32.9 Å². The lowest BCUT2D eigenvalue weighted by Gasteiger charge is -2.14. The normalized spacial score (nSPS) is 12.6. The molecule has 0 saturated heterocycles. The van der Waals surface area contributed by atoms with Crippen LogP contribution in [0.15, 0.2) is 12.1 Å². The average molecular weight is 295 g/mol. The van der Waals surface area contributed by atoms with Gasteiger partial charge in [-0.15, -0.1) is 11.3 Å². The first-order chi connectivity index (χ1) is 9.51. The van der Waals surface area contributed by atoms with E-state index in [2.05, 4.69) is 10.3 Å². The second-order valence-corrected chi connectivity index (χ2v) is 5.89. The zero-order valence-corrected chi connectivity index (χ0v) is 12.5. The van der Waals surface area contributed by atoms with Gasteiger partial charge in [0.15, 0.2) is 0 Å². The predicted molar refractivity (Wildman–Crippen MR) is 80.6 cm³/mol. The van der Waals surface area contributed by atoms with Gasteiger partial charge in [-0.25, -0.2) is 4.98 Å². The van der Waals surface area contributed by atoms with E-state index in [0.29, 0.717) is 12.3 Å². The number of nitrogens with one attached hydrogen (secondary N) is 1. The van der Waals surface area contributed by atoms with E-state index in [4.69, 9.17) is 4.74 Å². The summed E-state index contributed by atoms with van der Waals surface area (Å²) in [7, 11) is 1.64. The van der Waals surface area contributed by atoms with Gasteiger partial charge in [-0.1, -0.05) is 0 Å². The Hall–Kier alpha value is -1.73. The molecule has 0 amide bonds. The summed E-state index contributed by atoms with van der Waals surface area (Å²) in [5.74, 6) is 0. The Balaban J connectivity index is 2.34. The summed E-state index contributed by atoms with van der Waals surface area (Å²) in [6.07, 6.45) is 0.780. The number of aryl methyl sites for hydroxylation is 1. The zero-order valence-electron chi connectivity index (χ0n) is 11.7. The second kappa shape index (κ2) is 6.15. The molecule has 2 rings (SSSR count). The van der Waals surface area contributed by atoms with Gasteiger partial charge in [0, 0.05) is 25.8 Å². The average Bonchev–Trinajstić information content (AvgIpc) is 2.74. The molecular formula is C13H17N3O3S. The number of rotatable bonds is 6. The number of nitrogens with zero attached hydrogens (tertiary/aromatic N) is 2. The van der Waals surface area contributed by atoms with Crippen molar-refractivity contribution in [1.29, 1.82) is 0 Å². The van der Waals surface area contributed by atoms with Gasteiger partial charge in [-0.05, 0) is 26.3 Å². The molecule has 108 valence electrons. The molecule has 1 N–H and O–H groups in total. The van der Waals surface area contributed by atoms with Crippen LogP contribution in [-0.4, -0.2) is 29.7 Å². The maximum absolute atomic E-state index is 11.2. The van der Waals surface area contributed by atoms with Gasteiger partial charge in [0.1, 0.15) is 5.69 Å². The Labute approximate surface area is 120 Å². The number of ether oxygens (including phenoxy) is 1. The highest BCUT2D eigenvalue weighted by Gasteiger charge is 2.18. The van der Waals surface area contributed by atoms with Crippen LogP contribution in [0.5, 0.6) is 0 Å². The molecule has 0 aliphatic carbocycles. The van der Waals surface area contributed by atoms with Crippen LogP contribution in [0, 0.1) is 17.0 Å². The van der Waals surface area contributed by atoms with Crippen LogP contribution in [0.1, 0.15) is 18.4 Å². The van der Waals surface area contributed by atoms with Crippen LogP contribution < -0.4 is 5.32 Å². The minimum Gasteiger partial charge on any atom is -0.385 e. The number of methoxy groups -OCH3 is 1. The number of benzene rings is 1. The zero-order chi connectivity index (χ0) is 14.7. The van der Waals surface area contributed by atoms with E-state index in [1.165, 1.54) is 11.3 Å². The molecule has 0 aliphatic rings. The lowest BCUT2D eigenvalue weighted by atomic mass is 10.2. The van der Waals surface area contributed by atoms with Gasteiger partial charge in [0.25, 0.3) is 5.69 Å². The summed E-state index contributed by atoms with van der Waals surface area (Å²) in [6.45, 7) is 4.48. The third-order valence-corrected chi connectivity index (χ3v) is 3.90. The second-order valence-electron chi connectivity index (χ2n) is 4.65. The fourth-order valence-corrected chi connectivity index (χ4v) is 2.82. The van der Waals surface area contributed by atoms with Crippen LogP contribution in [0.3, 0.4) is 0 Å². The minimum absolute atomic E-state index is 0.0883. The van der Waals surface area contributed by atoms with Gasteiger partial charge >= 0.3 is 0 Å². The van der Waals surface area contributed by atoms with Crippen molar-refractivity contribution in [2.24, 2.45) is 0 Å². The summed E-state index contributed by atoms with van der Waals surface area (Å²) < 4.78 is 5.85. The van der Waals surface area contributed by atoms with Gasteiger partial charge in [-0.3, -0.25) is 10.1 Å². The van der Waals surface area contributed by atoms with Crippen LogP contribution in [0.25, 0.3) is 10.2 Å². The van der Waals surface area contributed by atoms with E-state index < -0.39 is 0 Å². The smallest absolute Gasteiger partial charge is 0.293 e. The molecule has 2 aromatic rings. The van der Waals surface area contributed by atoms with Crippen molar-refractivity contribution in [3.63, 3.8) is 0 Å². The van der Waals surface area contributed by atoms with Crippen molar-refractivity contribution < 1.29 is 9.66 Å². The first-order valence-electron chi connectivity index (χ1n) is 6.32. The van der Waals surface area contributed by atoms with E-state index in [9.17, 15) is 10.1 Å².